The smallest absolute Gasteiger partial charge is 0.165 e. The highest BCUT2D eigenvalue weighted by molar-refractivity contribution is 9.10. The van der Waals surface area contributed by atoms with Gasteiger partial charge in [0.15, 0.2) is 11.6 Å². The molecule has 0 saturated heterocycles. The summed E-state index contributed by atoms with van der Waals surface area (Å²) in [6.45, 7) is 2.13. The molecule has 2 aromatic rings. The number of rotatable bonds is 4. The van der Waals surface area contributed by atoms with Crippen LogP contribution in [0, 0.1) is 5.82 Å². The van der Waals surface area contributed by atoms with E-state index in [1.165, 1.54) is 6.07 Å². The highest BCUT2D eigenvalue weighted by Gasteiger charge is 2.08. The van der Waals surface area contributed by atoms with Gasteiger partial charge in [0.25, 0.3) is 0 Å². The van der Waals surface area contributed by atoms with Gasteiger partial charge in [-0.1, -0.05) is 40.2 Å². The van der Waals surface area contributed by atoms with Gasteiger partial charge in [-0.3, -0.25) is 0 Å². The van der Waals surface area contributed by atoms with E-state index >= 15 is 0 Å². The molecule has 1 unspecified atom stereocenters. The topological polar surface area (TPSA) is 35.2 Å². The third-order valence-corrected chi connectivity index (χ3v) is 3.60. The predicted octanol–water partition coefficient (Wildman–Crippen LogP) is 4.19. The number of ether oxygens (including phenoxy) is 1. The molecule has 0 fully saturated rings. The average Bonchev–Trinajstić information content (AvgIpc) is 2.39. The summed E-state index contributed by atoms with van der Waals surface area (Å²) in [4.78, 5) is 0. The van der Waals surface area contributed by atoms with Crippen LogP contribution < -0.4 is 10.5 Å². The first-order chi connectivity index (χ1) is 9.08. The monoisotopic (exact) mass is 323 g/mol. The van der Waals surface area contributed by atoms with E-state index in [4.69, 9.17) is 10.5 Å². The molecule has 100 valence electrons. The molecule has 2 N–H and O–H groups in total. The van der Waals surface area contributed by atoms with Crippen molar-refractivity contribution in [3.8, 4) is 5.75 Å². The lowest BCUT2D eigenvalue weighted by molar-refractivity contribution is 0.289. The Morgan fingerprint density at radius 3 is 2.63 bits per heavy atom. The molecule has 0 radical (unpaired) electrons. The van der Waals surface area contributed by atoms with Gasteiger partial charge in [0.05, 0.1) is 0 Å². The van der Waals surface area contributed by atoms with E-state index in [2.05, 4.69) is 15.9 Å². The molecular weight excluding hydrogens is 309 g/mol. The summed E-state index contributed by atoms with van der Waals surface area (Å²) in [5.41, 5.74) is 7.43. The lowest BCUT2D eigenvalue weighted by atomic mass is 10.1. The second-order valence-corrected chi connectivity index (χ2v) is 5.21. The molecule has 2 aromatic carbocycles. The third-order valence-electron chi connectivity index (χ3n) is 2.82. The molecule has 2 rings (SSSR count). The second-order valence-electron chi connectivity index (χ2n) is 4.36. The summed E-state index contributed by atoms with van der Waals surface area (Å²) in [5.74, 6) is -0.151. The Balaban J connectivity index is 2.10. The summed E-state index contributed by atoms with van der Waals surface area (Å²) in [6.07, 6.45) is 0. The van der Waals surface area contributed by atoms with Crippen molar-refractivity contribution in [2.75, 3.05) is 0 Å². The molecule has 1 atom stereocenters. The van der Waals surface area contributed by atoms with Crippen molar-refractivity contribution in [2.24, 2.45) is 5.73 Å². The fourth-order valence-electron chi connectivity index (χ4n) is 1.69. The van der Waals surface area contributed by atoms with Crippen LogP contribution in [-0.2, 0) is 6.61 Å². The van der Waals surface area contributed by atoms with Gasteiger partial charge < -0.3 is 10.5 Å². The second kappa shape index (κ2) is 6.17. The average molecular weight is 324 g/mol. The van der Waals surface area contributed by atoms with Crippen molar-refractivity contribution in [3.63, 3.8) is 0 Å². The van der Waals surface area contributed by atoms with E-state index in [1.54, 1.807) is 12.1 Å². The quantitative estimate of drug-likeness (QED) is 0.915. The molecule has 0 spiro atoms. The minimum Gasteiger partial charge on any atom is -0.486 e. The van der Waals surface area contributed by atoms with Crippen LogP contribution in [0.15, 0.2) is 46.9 Å². The van der Waals surface area contributed by atoms with Gasteiger partial charge in [0.1, 0.15) is 6.61 Å². The normalized spacial score (nSPS) is 12.2. The third kappa shape index (κ3) is 3.55. The molecule has 0 saturated carbocycles. The Labute approximate surface area is 120 Å². The molecule has 0 heterocycles. The lowest BCUT2D eigenvalue weighted by Gasteiger charge is -2.11. The maximum Gasteiger partial charge on any atom is 0.165 e. The van der Waals surface area contributed by atoms with E-state index in [9.17, 15) is 4.39 Å². The van der Waals surface area contributed by atoms with Crippen molar-refractivity contribution in [2.45, 2.75) is 19.6 Å². The Bertz CT molecular complexity index is 572. The number of nitrogens with two attached hydrogens (primary N) is 1. The number of halogens is 2. The Morgan fingerprint density at radius 2 is 2.00 bits per heavy atom. The summed E-state index contributed by atoms with van der Waals surface area (Å²) in [5, 5.41) is 0. The molecule has 0 aromatic heterocycles. The first-order valence-corrected chi connectivity index (χ1v) is 6.78. The summed E-state index contributed by atoms with van der Waals surface area (Å²) >= 11 is 3.43. The summed E-state index contributed by atoms with van der Waals surface area (Å²) in [6, 6.07) is 12.3. The van der Waals surface area contributed by atoms with Crippen molar-refractivity contribution < 1.29 is 9.13 Å². The predicted molar refractivity (Wildman–Crippen MR) is 77.5 cm³/mol. The highest BCUT2D eigenvalue weighted by Crippen LogP contribution is 2.23. The van der Waals surface area contributed by atoms with E-state index in [1.807, 2.05) is 31.2 Å². The maximum atomic E-state index is 13.8. The highest BCUT2D eigenvalue weighted by atomic mass is 79.9. The fourth-order valence-corrected chi connectivity index (χ4v) is 2.09. The van der Waals surface area contributed by atoms with E-state index in [0.717, 1.165) is 15.6 Å². The fraction of sp³-hybridized carbons (Fsp3) is 0.200. The van der Waals surface area contributed by atoms with Crippen LogP contribution in [0.2, 0.25) is 0 Å². The minimum absolute atomic E-state index is 0.188. The number of hydrogen-bond donors (Lipinski definition) is 1. The minimum atomic E-state index is -0.387. The Hall–Kier alpha value is -1.39. The molecule has 0 aliphatic carbocycles. The van der Waals surface area contributed by atoms with Gasteiger partial charge >= 0.3 is 0 Å². The van der Waals surface area contributed by atoms with Crippen LogP contribution in [0.5, 0.6) is 5.75 Å². The zero-order valence-corrected chi connectivity index (χ0v) is 12.2. The molecule has 0 aliphatic heterocycles. The van der Waals surface area contributed by atoms with E-state index in [-0.39, 0.29) is 17.6 Å². The van der Waals surface area contributed by atoms with Gasteiger partial charge in [0.2, 0.25) is 0 Å². The van der Waals surface area contributed by atoms with Crippen LogP contribution in [0.25, 0.3) is 0 Å². The summed E-state index contributed by atoms with van der Waals surface area (Å²) in [7, 11) is 0. The SMILES string of the molecule is CC(N)c1ccc(OCc2ccccc2Br)c(F)c1. The van der Waals surface area contributed by atoms with Gasteiger partial charge in [-0.2, -0.15) is 0 Å². The van der Waals surface area contributed by atoms with Crippen molar-refractivity contribution in [1.82, 2.24) is 0 Å². The molecule has 2 nitrogen and oxygen atoms in total. The largest absolute Gasteiger partial charge is 0.486 e. The van der Waals surface area contributed by atoms with Gasteiger partial charge in [-0.15, -0.1) is 0 Å². The van der Waals surface area contributed by atoms with Crippen LogP contribution >= 0.6 is 15.9 Å². The van der Waals surface area contributed by atoms with E-state index in [0.29, 0.717) is 6.61 Å². The Morgan fingerprint density at radius 1 is 1.26 bits per heavy atom. The van der Waals surface area contributed by atoms with Crippen LogP contribution in [-0.4, -0.2) is 0 Å². The number of benzene rings is 2. The van der Waals surface area contributed by atoms with Crippen LogP contribution in [0.4, 0.5) is 4.39 Å². The molecule has 4 heteroatoms. The zero-order chi connectivity index (χ0) is 13.8. The zero-order valence-electron chi connectivity index (χ0n) is 10.6. The standard InChI is InChI=1S/C15H15BrFNO/c1-10(18)11-6-7-15(14(17)8-11)19-9-12-4-2-3-5-13(12)16/h2-8,10H,9,18H2,1H3. The Kier molecular flexibility index (Phi) is 4.56. The summed E-state index contributed by atoms with van der Waals surface area (Å²) < 4.78 is 20.3. The maximum absolute atomic E-state index is 13.8. The lowest BCUT2D eigenvalue weighted by Crippen LogP contribution is -2.06. The number of hydrogen-bond acceptors (Lipinski definition) is 2. The first-order valence-electron chi connectivity index (χ1n) is 5.99. The molecule has 0 bridgehead atoms. The first kappa shape index (κ1) is 14.0. The van der Waals surface area contributed by atoms with E-state index < -0.39 is 0 Å². The van der Waals surface area contributed by atoms with Crippen molar-refractivity contribution in [3.05, 3.63) is 63.9 Å². The van der Waals surface area contributed by atoms with Crippen molar-refractivity contribution >= 4 is 15.9 Å². The van der Waals surface area contributed by atoms with Gasteiger partial charge in [-0.25, -0.2) is 4.39 Å². The molecule has 0 aliphatic rings. The molecule has 19 heavy (non-hydrogen) atoms. The molecular formula is C15H15BrFNO. The van der Waals surface area contributed by atoms with Crippen LogP contribution in [0.3, 0.4) is 0 Å². The van der Waals surface area contributed by atoms with Gasteiger partial charge in [-0.05, 0) is 30.7 Å². The molecule has 0 amide bonds. The van der Waals surface area contributed by atoms with Gasteiger partial charge in [0, 0.05) is 16.1 Å². The van der Waals surface area contributed by atoms with Crippen LogP contribution in [0.1, 0.15) is 24.1 Å². The van der Waals surface area contributed by atoms with Crippen molar-refractivity contribution in [1.29, 1.82) is 0 Å².